The van der Waals surface area contributed by atoms with E-state index in [9.17, 15) is 8.78 Å². The molecule has 35 heavy (non-hydrogen) atoms. The normalized spacial score (nSPS) is 31.8. The number of hydrogen-bond donors (Lipinski definition) is 0. The van der Waals surface area contributed by atoms with Crippen LogP contribution < -0.4 is 0 Å². The minimum absolute atomic E-state index is 0.383. The maximum Gasteiger partial charge on any atom is 0.162 e. The summed E-state index contributed by atoms with van der Waals surface area (Å²) in [5, 5.41) is 0. The Morgan fingerprint density at radius 2 is 1.49 bits per heavy atom. The Kier molecular flexibility index (Phi) is 10.0. The molecule has 0 spiro atoms. The molecule has 0 saturated heterocycles. The molecule has 2 saturated carbocycles. The van der Waals surface area contributed by atoms with Crippen molar-refractivity contribution in [2.24, 2.45) is 35.5 Å². The molecule has 194 valence electrons. The summed E-state index contributed by atoms with van der Waals surface area (Å²) < 4.78 is 27.8. The van der Waals surface area contributed by atoms with Crippen molar-refractivity contribution >= 4 is 0 Å². The smallest absolute Gasteiger partial charge is 0.162 e. The van der Waals surface area contributed by atoms with Crippen LogP contribution in [-0.2, 0) is 6.42 Å². The van der Waals surface area contributed by atoms with E-state index in [0.717, 1.165) is 36.0 Å². The molecule has 4 rings (SSSR count). The Morgan fingerprint density at radius 1 is 0.800 bits per heavy atom. The molecule has 0 bridgehead atoms. The first-order valence-corrected chi connectivity index (χ1v) is 14.8. The van der Waals surface area contributed by atoms with E-state index < -0.39 is 11.6 Å². The van der Waals surface area contributed by atoms with Gasteiger partial charge in [-0.15, -0.1) is 0 Å². The molecule has 1 aromatic rings. The van der Waals surface area contributed by atoms with Crippen molar-refractivity contribution in [2.75, 3.05) is 0 Å². The first kappa shape index (κ1) is 26.6. The molecular formula is C33H48F2. The third-order valence-electron chi connectivity index (χ3n) is 9.68. The Balaban J connectivity index is 1.13. The van der Waals surface area contributed by atoms with Gasteiger partial charge in [0.25, 0.3) is 0 Å². The second-order valence-corrected chi connectivity index (χ2v) is 12.0. The second-order valence-electron chi connectivity index (χ2n) is 12.0. The minimum atomic E-state index is -0.690. The second kappa shape index (κ2) is 13.2. The number of rotatable bonds is 9. The molecule has 3 aliphatic carbocycles. The lowest BCUT2D eigenvalue weighted by molar-refractivity contribution is 0.136. The van der Waals surface area contributed by atoms with Crippen LogP contribution in [0.3, 0.4) is 0 Å². The molecule has 2 unspecified atom stereocenters. The summed E-state index contributed by atoms with van der Waals surface area (Å²) in [4.78, 5) is 0. The molecule has 0 nitrogen and oxygen atoms in total. The zero-order valence-corrected chi connectivity index (χ0v) is 22.3. The van der Waals surface area contributed by atoms with Crippen LogP contribution in [0.2, 0.25) is 0 Å². The number of unbranched alkanes of at least 4 members (excludes halogenated alkanes) is 1. The zero-order valence-electron chi connectivity index (χ0n) is 22.3. The largest absolute Gasteiger partial charge is 0.203 e. The number of hydrogen-bond acceptors (Lipinski definition) is 0. The van der Waals surface area contributed by atoms with E-state index in [-0.39, 0.29) is 0 Å². The molecule has 0 radical (unpaired) electrons. The summed E-state index contributed by atoms with van der Waals surface area (Å²) >= 11 is 0. The Labute approximate surface area is 213 Å². The van der Waals surface area contributed by atoms with Gasteiger partial charge in [0.05, 0.1) is 0 Å². The van der Waals surface area contributed by atoms with Crippen LogP contribution in [0.15, 0.2) is 36.4 Å². The number of benzene rings is 1. The van der Waals surface area contributed by atoms with Gasteiger partial charge in [0.15, 0.2) is 11.6 Å². The molecule has 1 aromatic carbocycles. The van der Waals surface area contributed by atoms with E-state index in [0.29, 0.717) is 23.5 Å². The van der Waals surface area contributed by atoms with Crippen molar-refractivity contribution in [3.05, 3.63) is 59.2 Å². The van der Waals surface area contributed by atoms with Crippen LogP contribution in [0, 0.1) is 54.1 Å². The molecule has 2 fully saturated rings. The van der Waals surface area contributed by atoms with Gasteiger partial charge in [-0.1, -0.05) is 56.2 Å². The average Bonchev–Trinajstić information content (AvgIpc) is 2.90. The number of halogens is 2. The molecule has 3 aliphatic rings. The highest BCUT2D eigenvalue weighted by atomic mass is 19.2. The predicted molar refractivity (Wildman–Crippen MR) is 144 cm³/mol. The molecule has 0 aliphatic heterocycles. The Hall–Kier alpha value is -1.44. The molecule has 0 aromatic heterocycles. The van der Waals surface area contributed by atoms with Gasteiger partial charge in [-0.05, 0) is 137 Å². The van der Waals surface area contributed by atoms with E-state index in [1.807, 2.05) is 0 Å². The number of aryl methyl sites for hydroxylation is 2. The highest BCUT2D eigenvalue weighted by Gasteiger charge is 2.33. The van der Waals surface area contributed by atoms with Gasteiger partial charge in [-0.3, -0.25) is 0 Å². The van der Waals surface area contributed by atoms with Gasteiger partial charge < -0.3 is 0 Å². The van der Waals surface area contributed by atoms with Gasteiger partial charge in [0.1, 0.15) is 0 Å². The van der Waals surface area contributed by atoms with E-state index in [2.05, 4.69) is 31.2 Å². The fourth-order valence-electron chi connectivity index (χ4n) is 7.26. The van der Waals surface area contributed by atoms with Gasteiger partial charge in [-0.2, -0.15) is 0 Å². The lowest BCUT2D eigenvalue weighted by Gasteiger charge is -2.40. The molecule has 0 amide bonds. The monoisotopic (exact) mass is 482 g/mol. The van der Waals surface area contributed by atoms with Crippen molar-refractivity contribution in [2.45, 2.75) is 110 Å². The summed E-state index contributed by atoms with van der Waals surface area (Å²) in [7, 11) is 0. The topological polar surface area (TPSA) is 0 Å². The number of allylic oxidation sites excluding steroid dienone is 4. The van der Waals surface area contributed by atoms with E-state index >= 15 is 0 Å². The average molecular weight is 483 g/mol. The molecule has 2 atom stereocenters. The predicted octanol–water partition coefficient (Wildman–Crippen LogP) is 10.1. The van der Waals surface area contributed by atoms with Crippen molar-refractivity contribution < 1.29 is 8.78 Å². The van der Waals surface area contributed by atoms with Crippen LogP contribution in [0.25, 0.3) is 0 Å². The molecule has 2 heteroatoms. The fraction of sp³-hybridized carbons (Fsp3) is 0.697. The first-order valence-electron chi connectivity index (χ1n) is 14.8. The summed E-state index contributed by atoms with van der Waals surface area (Å²) in [6, 6.07) is 3.42. The standard InChI is InChI=1S/C33H48F2/c1-3-4-7-25-11-16-27(17-12-25)29-20-22-30(23-21-29)28-18-13-26(14-19-28)8-5-6-9-31-15-10-24(2)32(34)33(31)35/h5,8,10-11,15-16,25-30H,3-4,6-7,9,12-14,17-23H2,1-2H3/b8-5+. The summed E-state index contributed by atoms with van der Waals surface area (Å²) in [6.45, 7) is 3.92. The Morgan fingerprint density at radius 3 is 2.14 bits per heavy atom. The van der Waals surface area contributed by atoms with Crippen LogP contribution in [0.5, 0.6) is 0 Å². The maximum absolute atomic E-state index is 14.0. The highest BCUT2D eigenvalue weighted by Crippen LogP contribution is 2.45. The molecular weight excluding hydrogens is 434 g/mol. The first-order chi connectivity index (χ1) is 17.0. The van der Waals surface area contributed by atoms with E-state index in [1.54, 1.807) is 19.1 Å². The van der Waals surface area contributed by atoms with E-state index in [4.69, 9.17) is 0 Å². The third-order valence-corrected chi connectivity index (χ3v) is 9.68. The Bertz CT molecular complexity index is 837. The van der Waals surface area contributed by atoms with Crippen LogP contribution in [0.1, 0.15) is 108 Å². The quantitative estimate of drug-likeness (QED) is 0.307. The van der Waals surface area contributed by atoms with Gasteiger partial charge in [-0.25, -0.2) is 8.78 Å². The van der Waals surface area contributed by atoms with Crippen molar-refractivity contribution in [1.29, 1.82) is 0 Å². The van der Waals surface area contributed by atoms with Gasteiger partial charge >= 0.3 is 0 Å². The fourth-order valence-corrected chi connectivity index (χ4v) is 7.26. The lowest BCUT2D eigenvalue weighted by atomic mass is 9.66. The summed E-state index contributed by atoms with van der Waals surface area (Å²) in [5.74, 6) is 3.88. The minimum Gasteiger partial charge on any atom is -0.203 e. The van der Waals surface area contributed by atoms with Crippen molar-refractivity contribution in [1.82, 2.24) is 0 Å². The summed E-state index contributed by atoms with van der Waals surface area (Å²) in [6.07, 6.45) is 29.3. The molecule has 0 heterocycles. The lowest BCUT2D eigenvalue weighted by Crippen LogP contribution is -2.28. The zero-order chi connectivity index (χ0) is 24.6. The highest BCUT2D eigenvalue weighted by molar-refractivity contribution is 5.25. The van der Waals surface area contributed by atoms with Crippen molar-refractivity contribution in [3.8, 4) is 0 Å². The summed E-state index contributed by atoms with van der Waals surface area (Å²) in [5.41, 5.74) is 0.880. The maximum atomic E-state index is 14.0. The van der Waals surface area contributed by atoms with Crippen LogP contribution in [0.4, 0.5) is 8.78 Å². The van der Waals surface area contributed by atoms with Crippen molar-refractivity contribution in [3.63, 3.8) is 0 Å². The van der Waals surface area contributed by atoms with E-state index in [1.165, 1.54) is 83.5 Å². The SMILES string of the molecule is CCCCC1C=CC(C2CCC(C3CCC(/C=C/CCc4ccc(C)c(F)c4F)CC3)CC2)CC1. The van der Waals surface area contributed by atoms with Gasteiger partial charge in [0, 0.05) is 0 Å². The van der Waals surface area contributed by atoms with Gasteiger partial charge in [0.2, 0.25) is 0 Å². The van der Waals surface area contributed by atoms with Crippen LogP contribution >= 0.6 is 0 Å². The van der Waals surface area contributed by atoms with Crippen LogP contribution in [-0.4, -0.2) is 0 Å². The molecule has 0 N–H and O–H groups in total. The third kappa shape index (κ3) is 7.30.